The molecular weight excluding hydrogens is 263 g/mol. The number of imidazole rings is 1. The van der Waals surface area contributed by atoms with Gasteiger partial charge in [0.1, 0.15) is 11.6 Å². The molecule has 0 fully saturated rings. The first-order valence-electron chi connectivity index (χ1n) is 6.95. The summed E-state index contributed by atoms with van der Waals surface area (Å²) in [5.74, 6) is 0.834. The standard InChI is InChI=1S/C18H16FN2/c1-21-17(15-5-3-2-4-6-15)13-20-18(21)12-9-14-7-10-16(19)11-8-14/h3-8,10-11,13H,9,12H2,1H3. The smallest absolute Gasteiger partial charge is 0.123 e. The van der Waals surface area contributed by atoms with Crippen molar-refractivity contribution in [1.29, 1.82) is 0 Å². The van der Waals surface area contributed by atoms with E-state index in [2.05, 4.69) is 15.6 Å². The largest absolute Gasteiger partial charge is 0.331 e. The van der Waals surface area contributed by atoms with Crippen LogP contribution in [-0.2, 0) is 19.9 Å². The first-order chi connectivity index (χ1) is 10.2. The molecule has 0 bridgehead atoms. The van der Waals surface area contributed by atoms with Crippen molar-refractivity contribution in [3.8, 4) is 11.3 Å². The third kappa shape index (κ3) is 3.02. The SMILES string of the molecule is Cn1c(-c2cc[c]cc2)cnc1CCc1ccc(F)cc1. The zero-order chi connectivity index (χ0) is 14.7. The molecule has 0 aliphatic rings. The van der Waals surface area contributed by atoms with E-state index in [1.54, 1.807) is 0 Å². The fourth-order valence-corrected chi connectivity index (χ4v) is 2.41. The molecule has 0 N–H and O–H groups in total. The maximum absolute atomic E-state index is 12.9. The monoisotopic (exact) mass is 279 g/mol. The molecular formula is C18H16FN2. The summed E-state index contributed by atoms with van der Waals surface area (Å²) in [4.78, 5) is 4.50. The van der Waals surface area contributed by atoms with Crippen molar-refractivity contribution in [2.75, 3.05) is 0 Å². The van der Waals surface area contributed by atoms with Crippen LogP contribution >= 0.6 is 0 Å². The van der Waals surface area contributed by atoms with Gasteiger partial charge in [0.15, 0.2) is 0 Å². The lowest BCUT2D eigenvalue weighted by molar-refractivity contribution is 0.626. The first-order valence-corrected chi connectivity index (χ1v) is 6.95. The van der Waals surface area contributed by atoms with E-state index in [1.807, 2.05) is 49.6 Å². The number of halogens is 1. The Hall–Kier alpha value is -2.42. The van der Waals surface area contributed by atoms with Gasteiger partial charge in [-0.2, -0.15) is 0 Å². The Morgan fingerprint density at radius 3 is 2.48 bits per heavy atom. The number of benzene rings is 2. The van der Waals surface area contributed by atoms with Crippen LogP contribution in [0.5, 0.6) is 0 Å². The zero-order valence-corrected chi connectivity index (χ0v) is 11.9. The number of rotatable bonds is 4. The summed E-state index contributed by atoms with van der Waals surface area (Å²) in [6.45, 7) is 0. The number of nitrogens with zero attached hydrogens (tertiary/aromatic N) is 2. The van der Waals surface area contributed by atoms with Crippen LogP contribution in [0.25, 0.3) is 11.3 Å². The summed E-state index contributed by atoms with van der Waals surface area (Å²) in [5, 5.41) is 0. The van der Waals surface area contributed by atoms with Crippen molar-refractivity contribution in [2.45, 2.75) is 12.8 Å². The molecule has 2 aromatic carbocycles. The van der Waals surface area contributed by atoms with Crippen LogP contribution in [0.15, 0.2) is 54.7 Å². The van der Waals surface area contributed by atoms with Crippen molar-refractivity contribution < 1.29 is 4.39 Å². The van der Waals surface area contributed by atoms with Crippen molar-refractivity contribution in [3.63, 3.8) is 0 Å². The summed E-state index contributed by atoms with van der Waals surface area (Å²) in [5.41, 5.74) is 3.35. The molecule has 0 aliphatic heterocycles. The van der Waals surface area contributed by atoms with E-state index in [4.69, 9.17) is 0 Å². The summed E-state index contributed by atoms with van der Waals surface area (Å²) in [6, 6.07) is 17.5. The highest BCUT2D eigenvalue weighted by Gasteiger charge is 2.08. The Labute approximate surface area is 123 Å². The van der Waals surface area contributed by atoms with Crippen LogP contribution in [0.2, 0.25) is 0 Å². The fourth-order valence-electron chi connectivity index (χ4n) is 2.41. The van der Waals surface area contributed by atoms with Gasteiger partial charge in [-0.3, -0.25) is 0 Å². The fraction of sp³-hybridized carbons (Fsp3) is 0.167. The van der Waals surface area contributed by atoms with Gasteiger partial charge in [0.25, 0.3) is 0 Å². The number of aromatic nitrogens is 2. The molecule has 21 heavy (non-hydrogen) atoms. The molecule has 0 spiro atoms. The number of hydrogen-bond acceptors (Lipinski definition) is 1. The van der Waals surface area contributed by atoms with Gasteiger partial charge >= 0.3 is 0 Å². The van der Waals surface area contributed by atoms with Crippen molar-refractivity contribution >= 4 is 0 Å². The zero-order valence-electron chi connectivity index (χ0n) is 11.9. The summed E-state index contributed by atoms with van der Waals surface area (Å²) in [7, 11) is 2.03. The maximum atomic E-state index is 12.9. The quantitative estimate of drug-likeness (QED) is 0.710. The molecule has 2 nitrogen and oxygen atoms in total. The maximum Gasteiger partial charge on any atom is 0.123 e. The molecule has 1 aromatic heterocycles. The molecule has 1 radical (unpaired) electrons. The Morgan fingerprint density at radius 1 is 1.05 bits per heavy atom. The minimum Gasteiger partial charge on any atom is -0.331 e. The van der Waals surface area contributed by atoms with Crippen LogP contribution in [0, 0.1) is 11.9 Å². The summed E-state index contributed by atoms with van der Waals surface area (Å²) >= 11 is 0. The van der Waals surface area contributed by atoms with E-state index in [9.17, 15) is 4.39 Å². The van der Waals surface area contributed by atoms with Crippen LogP contribution in [0.3, 0.4) is 0 Å². The molecule has 3 rings (SSSR count). The van der Waals surface area contributed by atoms with E-state index < -0.39 is 0 Å². The van der Waals surface area contributed by atoms with Gasteiger partial charge in [-0.25, -0.2) is 9.37 Å². The van der Waals surface area contributed by atoms with Gasteiger partial charge in [-0.15, -0.1) is 0 Å². The number of aryl methyl sites for hydroxylation is 2. The highest BCUT2D eigenvalue weighted by molar-refractivity contribution is 5.58. The highest BCUT2D eigenvalue weighted by Crippen LogP contribution is 2.20. The molecule has 0 amide bonds. The first kappa shape index (κ1) is 13.6. The lowest BCUT2D eigenvalue weighted by Crippen LogP contribution is -2.02. The molecule has 3 aromatic rings. The molecule has 0 atom stereocenters. The van der Waals surface area contributed by atoms with Crippen LogP contribution in [0.1, 0.15) is 11.4 Å². The van der Waals surface area contributed by atoms with E-state index >= 15 is 0 Å². The summed E-state index contributed by atoms with van der Waals surface area (Å²) < 4.78 is 15.0. The molecule has 0 aliphatic carbocycles. The Bertz CT molecular complexity index is 715. The topological polar surface area (TPSA) is 17.8 Å². The van der Waals surface area contributed by atoms with Gasteiger partial charge in [-0.05, 0) is 35.7 Å². The van der Waals surface area contributed by atoms with Gasteiger partial charge in [0.05, 0.1) is 11.9 Å². The van der Waals surface area contributed by atoms with E-state index in [1.165, 1.54) is 12.1 Å². The lowest BCUT2D eigenvalue weighted by Gasteiger charge is -2.06. The second-order valence-electron chi connectivity index (χ2n) is 5.03. The minimum absolute atomic E-state index is 0.195. The predicted molar refractivity (Wildman–Crippen MR) is 81.3 cm³/mol. The van der Waals surface area contributed by atoms with E-state index in [-0.39, 0.29) is 5.82 Å². The lowest BCUT2D eigenvalue weighted by atomic mass is 10.1. The van der Waals surface area contributed by atoms with Crippen molar-refractivity contribution in [1.82, 2.24) is 9.55 Å². The minimum atomic E-state index is -0.195. The average Bonchev–Trinajstić information content (AvgIpc) is 2.89. The second kappa shape index (κ2) is 5.92. The molecule has 0 saturated carbocycles. The predicted octanol–water partition coefficient (Wildman–Crippen LogP) is 3.81. The van der Waals surface area contributed by atoms with E-state index in [0.717, 1.165) is 35.5 Å². The van der Waals surface area contributed by atoms with Gasteiger partial charge in [-0.1, -0.05) is 36.4 Å². The van der Waals surface area contributed by atoms with Crippen molar-refractivity contribution in [3.05, 3.63) is 78.0 Å². The Kier molecular flexibility index (Phi) is 3.82. The molecule has 0 saturated heterocycles. The van der Waals surface area contributed by atoms with Crippen LogP contribution < -0.4 is 0 Å². The second-order valence-corrected chi connectivity index (χ2v) is 5.03. The molecule has 105 valence electrons. The Morgan fingerprint density at radius 2 is 1.76 bits per heavy atom. The molecule has 3 heteroatoms. The van der Waals surface area contributed by atoms with Crippen molar-refractivity contribution in [2.24, 2.45) is 7.05 Å². The highest BCUT2D eigenvalue weighted by atomic mass is 19.1. The van der Waals surface area contributed by atoms with Gasteiger partial charge in [0.2, 0.25) is 0 Å². The van der Waals surface area contributed by atoms with E-state index in [0.29, 0.717) is 0 Å². The third-order valence-electron chi connectivity index (χ3n) is 3.65. The van der Waals surface area contributed by atoms with Crippen LogP contribution in [-0.4, -0.2) is 9.55 Å². The molecule has 1 heterocycles. The Balaban J connectivity index is 1.75. The third-order valence-corrected chi connectivity index (χ3v) is 3.65. The molecule has 0 unspecified atom stereocenters. The van der Waals surface area contributed by atoms with Gasteiger partial charge in [0, 0.05) is 13.5 Å². The number of hydrogen-bond donors (Lipinski definition) is 0. The van der Waals surface area contributed by atoms with Crippen LogP contribution in [0.4, 0.5) is 4.39 Å². The average molecular weight is 279 g/mol. The normalized spacial score (nSPS) is 10.8. The van der Waals surface area contributed by atoms with Gasteiger partial charge < -0.3 is 4.57 Å². The summed E-state index contributed by atoms with van der Waals surface area (Å²) in [6.07, 6.45) is 3.59.